The second-order valence-electron chi connectivity index (χ2n) is 5.63. The molecule has 10 heteroatoms. The molecule has 3 aromatic rings. The number of carbonyl (C=O) groups is 2. The number of alkyl halides is 2. The minimum atomic E-state index is -3.01. The number of nitrogens with zero attached hydrogens (tertiary/aromatic N) is 1. The van der Waals surface area contributed by atoms with E-state index in [1.165, 1.54) is 28.1 Å². The van der Waals surface area contributed by atoms with Gasteiger partial charge in [0.1, 0.15) is 5.75 Å². The number of aromatic nitrogens is 1. The summed E-state index contributed by atoms with van der Waals surface area (Å²) in [5, 5.41) is 20.6. The Morgan fingerprint density at radius 2 is 2.04 bits per heavy atom. The molecule has 0 unspecified atom stereocenters. The van der Waals surface area contributed by atoms with E-state index < -0.39 is 18.5 Å². The molecule has 2 heterocycles. The van der Waals surface area contributed by atoms with Crippen LogP contribution in [0.5, 0.6) is 10.8 Å². The van der Waals surface area contributed by atoms with E-state index in [2.05, 4.69) is 4.74 Å². The molecule has 0 atom stereocenters. The van der Waals surface area contributed by atoms with Gasteiger partial charge in [0.15, 0.2) is 5.06 Å². The molecule has 2 aromatic heterocycles. The first-order chi connectivity index (χ1) is 12.7. The number of thiophene rings is 1. The Hall–Kier alpha value is -2.65. The van der Waals surface area contributed by atoms with Crippen molar-refractivity contribution in [2.45, 2.75) is 20.0 Å². The maximum Gasteiger partial charge on any atom is 0.388 e. The van der Waals surface area contributed by atoms with Crippen LogP contribution in [0.25, 0.3) is 10.9 Å². The number of carbonyl (C=O) groups excluding carboxylic acids is 1. The van der Waals surface area contributed by atoms with Gasteiger partial charge in [-0.15, -0.1) is 11.3 Å². The molecule has 0 aliphatic carbocycles. The third-order valence-electron chi connectivity index (χ3n) is 3.96. The van der Waals surface area contributed by atoms with E-state index in [1.807, 2.05) is 0 Å². The van der Waals surface area contributed by atoms with E-state index >= 15 is 0 Å². The lowest BCUT2D eigenvalue weighted by Crippen LogP contribution is -2.13. The van der Waals surface area contributed by atoms with Crippen molar-refractivity contribution in [3.8, 4) is 10.8 Å². The number of aromatic hydroxyl groups is 1. The summed E-state index contributed by atoms with van der Waals surface area (Å²) in [6, 6.07) is 3.83. The number of phenolic OH excluding ortho intramolecular Hbond substituents is 1. The molecule has 0 radical (unpaired) electrons. The summed E-state index contributed by atoms with van der Waals surface area (Å²) in [5.74, 6) is -1.91. The average Bonchev–Trinajstić information content (AvgIpc) is 3.11. The van der Waals surface area contributed by atoms with E-state index in [-0.39, 0.29) is 27.8 Å². The van der Waals surface area contributed by atoms with E-state index in [0.29, 0.717) is 22.2 Å². The molecular weight excluding hydrogens is 404 g/mol. The highest BCUT2D eigenvalue weighted by atomic mass is 35.5. The lowest BCUT2D eigenvalue weighted by atomic mass is 10.1. The van der Waals surface area contributed by atoms with Crippen LogP contribution < -0.4 is 4.74 Å². The Balaban J connectivity index is 2.16. The highest BCUT2D eigenvalue weighted by molar-refractivity contribution is 7.12. The molecule has 2 N–H and O–H groups in total. The molecule has 1 aromatic carbocycles. The van der Waals surface area contributed by atoms with Crippen LogP contribution in [0, 0.1) is 6.92 Å². The van der Waals surface area contributed by atoms with Gasteiger partial charge in [-0.1, -0.05) is 11.6 Å². The minimum absolute atomic E-state index is 0.0111. The minimum Gasteiger partial charge on any atom is -0.506 e. The number of carboxylic acids is 1. The number of carboxylic acid groups (broad SMARTS) is 1. The van der Waals surface area contributed by atoms with Crippen molar-refractivity contribution in [2.75, 3.05) is 0 Å². The van der Waals surface area contributed by atoms with Crippen LogP contribution in [0.1, 0.15) is 21.6 Å². The van der Waals surface area contributed by atoms with Gasteiger partial charge in [0.25, 0.3) is 5.91 Å². The van der Waals surface area contributed by atoms with Crippen LogP contribution >= 0.6 is 22.9 Å². The molecule has 0 spiro atoms. The molecule has 0 bridgehead atoms. The summed E-state index contributed by atoms with van der Waals surface area (Å²) >= 11 is 6.79. The van der Waals surface area contributed by atoms with Crippen molar-refractivity contribution in [2.24, 2.45) is 0 Å². The molecule has 0 saturated carbocycles. The van der Waals surface area contributed by atoms with Crippen LogP contribution in [0.4, 0.5) is 8.78 Å². The predicted molar refractivity (Wildman–Crippen MR) is 95.4 cm³/mol. The molecule has 0 fully saturated rings. The van der Waals surface area contributed by atoms with E-state index in [1.54, 1.807) is 6.92 Å². The maximum absolute atomic E-state index is 12.9. The van der Waals surface area contributed by atoms with Gasteiger partial charge in [0.05, 0.1) is 22.5 Å². The lowest BCUT2D eigenvalue weighted by Gasteiger charge is -2.06. The number of aliphatic carboxylic acids is 1. The van der Waals surface area contributed by atoms with Crippen LogP contribution in [0.2, 0.25) is 5.02 Å². The van der Waals surface area contributed by atoms with Crippen LogP contribution in [0.3, 0.4) is 0 Å². The molecule has 3 rings (SSSR count). The fraction of sp³-hybridized carbons (Fsp3) is 0.176. The third kappa shape index (κ3) is 3.60. The molecular formula is C17H12ClF2NO5S. The number of benzene rings is 1. The topological polar surface area (TPSA) is 88.8 Å². The molecule has 0 amide bonds. The van der Waals surface area contributed by atoms with E-state index in [9.17, 15) is 23.5 Å². The number of hydrogen-bond donors (Lipinski definition) is 2. The third-order valence-corrected chi connectivity index (χ3v) is 5.08. The van der Waals surface area contributed by atoms with Gasteiger partial charge in [-0.2, -0.15) is 8.78 Å². The van der Waals surface area contributed by atoms with Crippen molar-refractivity contribution in [3.05, 3.63) is 45.4 Å². The Kier molecular flexibility index (Phi) is 5.07. The summed E-state index contributed by atoms with van der Waals surface area (Å²) in [6.07, 6.45) is -0.368. The van der Waals surface area contributed by atoms with Crippen LogP contribution in [0.15, 0.2) is 23.6 Å². The van der Waals surface area contributed by atoms with Crippen LogP contribution in [-0.4, -0.2) is 33.3 Å². The Labute approximate surface area is 160 Å². The van der Waals surface area contributed by atoms with Gasteiger partial charge in [0.2, 0.25) is 0 Å². The maximum atomic E-state index is 12.9. The predicted octanol–water partition coefficient (Wildman–Crippen LogP) is 4.29. The lowest BCUT2D eigenvalue weighted by molar-refractivity contribution is -0.136. The Bertz CT molecular complexity index is 1060. The Morgan fingerprint density at radius 3 is 2.67 bits per heavy atom. The van der Waals surface area contributed by atoms with Gasteiger partial charge >= 0.3 is 12.6 Å². The summed E-state index contributed by atoms with van der Waals surface area (Å²) in [7, 11) is 0. The highest BCUT2D eigenvalue weighted by Gasteiger charge is 2.23. The summed E-state index contributed by atoms with van der Waals surface area (Å²) in [4.78, 5) is 24.2. The van der Waals surface area contributed by atoms with Crippen molar-refractivity contribution in [1.82, 2.24) is 4.57 Å². The first kappa shape index (κ1) is 19.1. The molecule has 142 valence electrons. The molecule has 27 heavy (non-hydrogen) atoms. The fourth-order valence-corrected chi connectivity index (χ4v) is 3.73. The largest absolute Gasteiger partial charge is 0.506 e. The normalized spacial score (nSPS) is 11.3. The molecule has 0 aliphatic rings. The number of halogens is 3. The van der Waals surface area contributed by atoms with Crippen molar-refractivity contribution in [3.63, 3.8) is 0 Å². The van der Waals surface area contributed by atoms with Gasteiger partial charge < -0.3 is 14.9 Å². The zero-order valence-corrected chi connectivity index (χ0v) is 15.3. The van der Waals surface area contributed by atoms with Crippen molar-refractivity contribution < 1.29 is 33.3 Å². The number of rotatable bonds is 5. The van der Waals surface area contributed by atoms with E-state index in [4.69, 9.17) is 16.7 Å². The van der Waals surface area contributed by atoms with Gasteiger partial charge in [-0.05, 0) is 24.6 Å². The van der Waals surface area contributed by atoms with Crippen LogP contribution in [-0.2, 0) is 11.2 Å². The molecule has 0 aliphatic heterocycles. The average molecular weight is 416 g/mol. The standard InChI is InChI=1S/C17H12ClF2NO5S/c1-7-9(4-14(23)24)10-3-13(22)11(18)5-12(10)21(7)16(25)8-2-15(27-6-8)26-17(19)20/h2-3,5-6,17,22H,4H2,1H3,(H,23,24). The van der Waals surface area contributed by atoms with Gasteiger partial charge in [-0.3, -0.25) is 14.2 Å². The molecule has 6 nitrogen and oxygen atoms in total. The number of ether oxygens (including phenoxy) is 1. The second kappa shape index (κ2) is 7.16. The highest BCUT2D eigenvalue weighted by Crippen LogP contribution is 2.35. The van der Waals surface area contributed by atoms with E-state index in [0.717, 1.165) is 11.3 Å². The van der Waals surface area contributed by atoms with Gasteiger partial charge in [0, 0.05) is 22.5 Å². The monoisotopic (exact) mass is 415 g/mol. The molecule has 0 saturated heterocycles. The first-order valence-corrected chi connectivity index (χ1v) is 8.77. The number of fused-ring (bicyclic) bond motifs is 1. The number of hydrogen-bond acceptors (Lipinski definition) is 5. The summed E-state index contributed by atoms with van der Waals surface area (Å²) < 4.78 is 30.2. The second-order valence-corrected chi connectivity index (χ2v) is 6.91. The first-order valence-electron chi connectivity index (χ1n) is 7.51. The smallest absolute Gasteiger partial charge is 0.388 e. The fourth-order valence-electron chi connectivity index (χ4n) is 2.83. The van der Waals surface area contributed by atoms with Crippen molar-refractivity contribution >= 4 is 45.7 Å². The quantitative estimate of drug-likeness (QED) is 0.649. The number of phenols is 1. The Morgan fingerprint density at radius 1 is 1.33 bits per heavy atom. The summed E-state index contributed by atoms with van der Waals surface area (Å²) in [5.41, 5.74) is 1.10. The zero-order chi connectivity index (χ0) is 19.9. The SMILES string of the molecule is Cc1c(CC(=O)O)c2cc(O)c(Cl)cc2n1C(=O)c1csc(OC(F)F)c1. The van der Waals surface area contributed by atoms with Gasteiger partial charge in [-0.25, -0.2) is 0 Å². The van der Waals surface area contributed by atoms with Crippen molar-refractivity contribution in [1.29, 1.82) is 0 Å². The zero-order valence-electron chi connectivity index (χ0n) is 13.7. The summed E-state index contributed by atoms with van der Waals surface area (Å²) in [6.45, 7) is -1.45.